The Hall–Kier alpha value is -2.96. The number of nitrogens with zero attached hydrogens (tertiary/aromatic N) is 2. The first-order valence-corrected chi connectivity index (χ1v) is 8.07. The van der Waals surface area contributed by atoms with E-state index in [4.69, 9.17) is 9.47 Å². The van der Waals surface area contributed by atoms with Crippen LogP contribution >= 0.6 is 0 Å². The maximum absolute atomic E-state index is 12.8. The molecule has 1 aliphatic rings. The number of H-pyrrole nitrogens is 1. The number of ether oxygens (including phenoxy) is 2. The summed E-state index contributed by atoms with van der Waals surface area (Å²) in [4.78, 5) is 31.5. The fraction of sp³-hybridized carbons (Fsp3) is 0.333. The standard InChI is InChI=1S/C18H21N3O4/c1-24-14-3-4-15(16(11-14)25-2)18(23)21-9-7-20(8-10-21)17(22)13-5-6-19-12-13/h3-6,11-12,19H,7-10H2,1-2H3. The predicted molar refractivity (Wildman–Crippen MR) is 92.1 cm³/mol. The minimum atomic E-state index is -0.103. The number of carbonyl (C=O) groups is 2. The second kappa shape index (κ2) is 7.29. The van der Waals surface area contributed by atoms with Crippen molar-refractivity contribution in [1.29, 1.82) is 0 Å². The molecule has 1 N–H and O–H groups in total. The van der Waals surface area contributed by atoms with Gasteiger partial charge in [0.1, 0.15) is 11.5 Å². The summed E-state index contributed by atoms with van der Waals surface area (Å²) in [5.74, 6) is 0.995. The molecule has 1 aromatic heterocycles. The molecule has 25 heavy (non-hydrogen) atoms. The third-order valence-electron chi connectivity index (χ3n) is 4.34. The molecular formula is C18H21N3O4. The molecule has 1 saturated heterocycles. The highest BCUT2D eigenvalue weighted by molar-refractivity contribution is 5.98. The number of aromatic amines is 1. The molecule has 0 bridgehead atoms. The fourth-order valence-electron chi connectivity index (χ4n) is 2.90. The van der Waals surface area contributed by atoms with Crippen molar-refractivity contribution in [3.05, 3.63) is 47.8 Å². The van der Waals surface area contributed by atoms with Gasteiger partial charge in [0.25, 0.3) is 11.8 Å². The van der Waals surface area contributed by atoms with Crippen molar-refractivity contribution in [2.24, 2.45) is 0 Å². The number of piperazine rings is 1. The maximum atomic E-state index is 12.8. The molecule has 2 heterocycles. The Morgan fingerprint density at radius 3 is 2.20 bits per heavy atom. The zero-order valence-electron chi connectivity index (χ0n) is 14.3. The normalized spacial score (nSPS) is 14.3. The van der Waals surface area contributed by atoms with Crippen LogP contribution in [0.25, 0.3) is 0 Å². The number of hydrogen-bond donors (Lipinski definition) is 1. The van der Waals surface area contributed by atoms with E-state index in [1.54, 1.807) is 53.6 Å². The van der Waals surface area contributed by atoms with Gasteiger partial charge in [-0.1, -0.05) is 0 Å². The van der Waals surface area contributed by atoms with Crippen LogP contribution in [0.2, 0.25) is 0 Å². The van der Waals surface area contributed by atoms with E-state index >= 15 is 0 Å². The van der Waals surface area contributed by atoms with Crippen LogP contribution in [0.4, 0.5) is 0 Å². The van der Waals surface area contributed by atoms with Crippen LogP contribution in [0.15, 0.2) is 36.7 Å². The number of carbonyl (C=O) groups excluding carboxylic acids is 2. The van der Waals surface area contributed by atoms with Crippen molar-refractivity contribution in [3.8, 4) is 11.5 Å². The Bertz CT molecular complexity index is 750. The van der Waals surface area contributed by atoms with Gasteiger partial charge in [0.05, 0.1) is 25.3 Å². The van der Waals surface area contributed by atoms with E-state index in [-0.39, 0.29) is 11.8 Å². The summed E-state index contributed by atoms with van der Waals surface area (Å²) in [7, 11) is 3.09. The lowest BCUT2D eigenvalue weighted by molar-refractivity contribution is 0.0533. The van der Waals surface area contributed by atoms with Crippen molar-refractivity contribution in [2.45, 2.75) is 0 Å². The van der Waals surface area contributed by atoms with Gasteiger partial charge in [-0.15, -0.1) is 0 Å². The van der Waals surface area contributed by atoms with Crippen LogP contribution in [0.3, 0.4) is 0 Å². The first-order valence-electron chi connectivity index (χ1n) is 8.07. The number of benzene rings is 1. The lowest BCUT2D eigenvalue weighted by atomic mass is 10.1. The highest BCUT2D eigenvalue weighted by atomic mass is 16.5. The van der Waals surface area contributed by atoms with E-state index in [0.29, 0.717) is 48.8 Å². The number of aromatic nitrogens is 1. The molecule has 0 saturated carbocycles. The molecule has 132 valence electrons. The Kier molecular flexibility index (Phi) is 4.92. The molecule has 0 aliphatic carbocycles. The number of rotatable bonds is 4. The number of hydrogen-bond acceptors (Lipinski definition) is 4. The third-order valence-corrected chi connectivity index (χ3v) is 4.34. The average molecular weight is 343 g/mol. The van der Waals surface area contributed by atoms with Crippen molar-refractivity contribution in [3.63, 3.8) is 0 Å². The quantitative estimate of drug-likeness (QED) is 0.916. The van der Waals surface area contributed by atoms with Gasteiger partial charge in [-0.3, -0.25) is 9.59 Å². The largest absolute Gasteiger partial charge is 0.497 e. The summed E-state index contributed by atoms with van der Waals surface area (Å²) in [6, 6.07) is 6.89. The summed E-state index contributed by atoms with van der Waals surface area (Å²) in [5.41, 5.74) is 1.13. The summed E-state index contributed by atoms with van der Waals surface area (Å²) in [6.45, 7) is 2.00. The average Bonchev–Trinajstić information content (AvgIpc) is 3.21. The van der Waals surface area contributed by atoms with Gasteiger partial charge in [-0.25, -0.2) is 0 Å². The van der Waals surface area contributed by atoms with Crippen LogP contribution in [-0.4, -0.2) is 67.0 Å². The minimum absolute atomic E-state index is 0.0182. The van der Waals surface area contributed by atoms with Gasteiger partial charge in [-0.05, 0) is 18.2 Å². The first-order chi connectivity index (χ1) is 12.1. The number of nitrogens with one attached hydrogen (secondary N) is 1. The van der Waals surface area contributed by atoms with E-state index in [1.807, 2.05) is 0 Å². The highest BCUT2D eigenvalue weighted by Gasteiger charge is 2.27. The Labute approximate surface area is 146 Å². The maximum Gasteiger partial charge on any atom is 0.257 e. The third kappa shape index (κ3) is 3.45. The van der Waals surface area contributed by atoms with E-state index in [1.165, 1.54) is 7.11 Å². The van der Waals surface area contributed by atoms with Crippen LogP contribution in [-0.2, 0) is 0 Å². The summed E-state index contributed by atoms with van der Waals surface area (Å²) >= 11 is 0. The van der Waals surface area contributed by atoms with E-state index in [2.05, 4.69) is 4.98 Å². The molecule has 0 atom stereocenters. The minimum Gasteiger partial charge on any atom is -0.497 e. The molecule has 3 rings (SSSR count). The second-order valence-corrected chi connectivity index (χ2v) is 5.75. The molecule has 1 fully saturated rings. The Balaban J connectivity index is 1.67. The van der Waals surface area contributed by atoms with Gasteiger partial charge in [0.2, 0.25) is 0 Å². The van der Waals surface area contributed by atoms with E-state index in [9.17, 15) is 9.59 Å². The van der Waals surface area contributed by atoms with Gasteiger partial charge in [0, 0.05) is 44.6 Å². The first kappa shape index (κ1) is 16.9. The van der Waals surface area contributed by atoms with Gasteiger partial charge in [-0.2, -0.15) is 0 Å². The molecular weight excluding hydrogens is 322 g/mol. The molecule has 7 nitrogen and oxygen atoms in total. The van der Waals surface area contributed by atoms with Gasteiger partial charge >= 0.3 is 0 Å². The summed E-state index contributed by atoms with van der Waals surface area (Å²) in [6.07, 6.45) is 3.41. The molecule has 0 spiro atoms. The predicted octanol–water partition coefficient (Wildman–Crippen LogP) is 1.63. The summed E-state index contributed by atoms with van der Waals surface area (Å²) in [5, 5.41) is 0. The van der Waals surface area contributed by atoms with Crippen LogP contribution in [0, 0.1) is 0 Å². The zero-order chi connectivity index (χ0) is 17.8. The van der Waals surface area contributed by atoms with Crippen molar-refractivity contribution >= 4 is 11.8 Å². The Morgan fingerprint density at radius 1 is 0.960 bits per heavy atom. The lowest BCUT2D eigenvalue weighted by Gasteiger charge is -2.34. The van der Waals surface area contributed by atoms with Gasteiger partial charge in [0.15, 0.2) is 0 Å². The highest BCUT2D eigenvalue weighted by Crippen LogP contribution is 2.26. The monoisotopic (exact) mass is 343 g/mol. The molecule has 2 aromatic rings. The topological polar surface area (TPSA) is 74.9 Å². The van der Waals surface area contributed by atoms with Crippen LogP contribution in [0.5, 0.6) is 11.5 Å². The SMILES string of the molecule is COc1ccc(C(=O)N2CCN(C(=O)c3cc[nH]c3)CC2)c(OC)c1. The lowest BCUT2D eigenvalue weighted by Crippen LogP contribution is -2.50. The molecule has 1 aliphatic heterocycles. The zero-order valence-corrected chi connectivity index (χ0v) is 14.3. The van der Waals surface area contributed by atoms with E-state index < -0.39 is 0 Å². The summed E-state index contributed by atoms with van der Waals surface area (Å²) < 4.78 is 10.5. The number of methoxy groups -OCH3 is 2. The smallest absolute Gasteiger partial charge is 0.257 e. The molecule has 0 radical (unpaired) electrons. The molecule has 7 heteroatoms. The Morgan fingerprint density at radius 2 is 1.64 bits per heavy atom. The second-order valence-electron chi connectivity index (χ2n) is 5.75. The van der Waals surface area contributed by atoms with Crippen LogP contribution in [0.1, 0.15) is 20.7 Å². The number of amides is 2. The van der Waals surface area contributed by atoms with Crippen molar-refractivity contribution in [1.82, 2.24) is 14.8 Å². The van der Waals surface area contributed by atoms with Crippen molar-refractivity contribution in [2.75, 3.05) is 40.4 Å². The van der Waals surface area contributed by atoms with E-state index in [0.717, 1.165) is 0 Å². The van der Waals surface area contributed by atoms with Crippen LogP contribution < -0.4 is 9.47 Å². The molecule has 0 unspecified atom stereocenters. The van der Waals surface area contributed by atoms with Gasteiger partial charge < -0.3 is 24.3 Å². The molecule has 1 aromatic carbocycles. The molecule has 2 amide bonds. The van der Waals surface area contributed by atoms with Crippen molar-refractivity contribution < 1.29 is 19.1 Å². The fourth-order valence-corrected chi connectivity index (χ4v) is 2.90.